The zero-order valence-electron chi connectivity index (χ0n) is 24.6. The van der Waals surface area contributed by atoms with Crippen molar-refractivity contribution in [2.24, 2.45) is 0 Å². The number of halogens is 1. The highest BCUT2D eigenvalue weighted by Gasteiger charge is 2.39. The van der Waals surface area contributed by atoms with Crippen molar-refractivity contribution in [3.8, 4) is 34.2 Å². The van der Waals surface area contributed by atoms with Crippen molar-refractivity contribution < 1.29 is 23.8 Å². The van der Waals surface area contributed by atoms with E-state index in [4.69, 9.17) is 30.9 Å². The maximum Gasteiger partial charge on any atom is 0.240 e. The highest BCUT2D eigenvalue weighted by molar-refractivity contribution is 8.00. The lowest BCUT2D eigenvalue weighted by atomic mass is 9.98. The van der Waals surface area contributed by atoms with Crippen molar-refractivity contribution in [3.63, 3.8) is 0 Å². The smallest absolute Gasteiger partial charge is 0.240 e. The van der Waals surface area contributed by atoms with Gasteiger partial charge in [0.25, 0.3) is 0 Å². The topological polar surface area (TPSA) is 94.9 Å². The molecule has 1 aliphatic rings. The highest BCUT2D eigenvalue weighted by atomic mass is 35.5. The number of anilines is 1. The predicted molar refractivity (Wildman–Crippen MR) is 170 cm³/mol. The zero-order valence-corrected chi connectivity index (χ0v) is 26.2. The standard InChI is InChI=1S/C32H33ClN4O5S/c1-19(2)34-27(38)17-36-28(39)18-43-31(25-16-24(41-4)14-15-26(25)42-5)29-30(20-6-8-21(33)9-7-20)35-37(32(29)36)22-10-12-23(40-3)13-11-22/h6-16,19,31H,17-18H2,1-5H3,(H,34,38). The first-order valence-corrected chi connectivity index (χ1v) is 15.1. The predicted octanol–water partition coefficient (Wildman–Crippen LogP) is 5.91. The second-order valence-electron chi connectivity index (χ2n) is 10.2. The molecule has 0 bridgehead atoms. The Labute approximate surface area is 260 Å². The Morgan fingerprint density at radius 2 is 1.67 bits per heavy atom. The number of carbonyl (C=O) groups excluding carboxylic acids is 2. The first-order valence-electron chi connectivity index (χ1n) is 13.7. The molecule has 11 heteroatoms. The van der Waals surface area contributed by atoms with Crippen molar-refractivity contribution in [3.05, 3.63) is 82.9 Å². The summed E-state index contributed by atoms with van der Waals surface area (Å²) >= 11 is 7.72. The third-order valence-electron chi connectivity index (χ3n) is 6.99. The Morgan fingerprint density at radius 3 is 2.30 bits per heavy atom. The lowest BCUT2D eigenvalue weighted by Crippen LogP contribution is -2.44. The van der Waals surface area contributed by atoms with Gasteiger partial charge in [0.15, 0.2) is 0 Å². The Hall–Kier alpha value is -4.15. The van der Waals surface area contributed by atoms with Crippen LogP contribution >= 0.6 is 23.4 Å². The molecule has 1 N–H and O–H groups in total. The minimum atomic E-state index is -0.403. The number of amides is 2. The van der Waals surface area contributed by atoms with E-state index in [1.165, 1.54) is 16.7 Å². The SMILES string of the molecule is COc1ccc(-n2nc(-c3ccc(Cl)cc3)c3c2N(CC(=O)NC(C)C)C(=O)CSC3c2cc(OC)ccc2OC)cc1. The van der Waals surface area contributed by atoms with Crippen molar-refractivity contribution in [2.75, 3.05) is 38.5 Å². The Balaban J connectivity index is 1.83. The Bertz CT molecular complexity index is 1620. The van der Waals surface area contributed by atoms with Crippen molar-refractivity contribution in [2.45, 2.75) is 25.1 Å². The summed E-state index contributed by atoms with van der Waals surface area (Å²) in [5.41, 5.74) is 3.73. The largest absolute Gasteiger partial charge is 0.497 e. The molecule has 0 aliphatic carbocycles. The van der Waals surface area contributed by atoms with E-state index >= 15 is 0 Å². The molecule has 43 heavy (non-hydrogen) atoms. The number of hydrogen-bond donors (Lipinski definition) is 1. The number of nitrogens with zero attached hydrogens (tertiary/aromatic N) is 3. The van der Waals surface area contributed by atoms with E-state index in [0.29, 0.717) is 39.5 Å². The minimum absolute atomic E-state index is 0.0895. The average molecular weight is 621 g/mol. The van der Waals surface area contributed by atoms with Crippen LogP contribution in [0.15, 0.2) is 66.7 Å². The van der Waals surface area contributed by atoms with Gasteiger partial charge >= 0.3 is 0 Å². The molecule has 1 aromatic heterocycles. The molecule has 0 saturated carbocycles. The first-order chi connectivity index (χ1) is 20.7. The monoisotopic (exact) mass is 620 g/mol. The number of thioether (sulfide) groups is 1. The van der Waals surface area contributed by atoms with Gasteiger partial charge in [-0.3, -0.25) is 14.5 Å². The number of carbonyl (C=O) groups is 2. The molecule has 2 heterocycles. The lowest BCUT2D eigenvalue weighted by molar-refractivity contribution is -0.123. The Morgan fingerprint density at radius 1 is 1.00 bits per heavy atom. The summed E-state index contributed by atoms with van der Waals surface area (Å²) in [6, 6.07) is 20.3. The summed E-state index contributed by atoms with van der Waals surface area (Å²) in [5.74, 6) is 2.10. The fourth-order valence-electron chi connectivity index (χ4n) is 5.04. The molecule has 5 rings (SSSR count). The van der Waals surface area contributed by atoms with Crippen LogP contribution in [0.3, 0.4) is 0 Å². The molecule has 1 atom stereocenters. The molecule has 2 amide bonds. The molecule has 3 aromatic carbocycles. The molecule has 9 nitrogen and oxygen atoms in total. The van der Waals surface area contributed by atoms with E-state index in [-0.39, 0.29) is 30.2 Å². The summed E-state index contributed by atoms with van der Waals surface area (Å²) in [6.07, 6.45) is 0. The van der Waals surface area contributed by atoms with E-state index in [9.17, 15) is 9.59 Å². The number of fused-ring (bicyclic) bond motifs is 1. The van der Waals surface area contributed by atoms with Crippen LogP contribution in [0.5, 0.6) is 17.2 Å². The van der Waals surface area contributed by atoms with Crippen LogP contribution in [-0.2, 0) is 9.59 Å². The second kappa shape index (κ2) is 13.0. The molecule has 224 valence electrons. The van der Waals surface area contributed by atoms with Gasteiger partial charge in [0.05, 0.1) is 43.7 Å². The third kappa shape index (κ3) is 6.30. The molecule has 1 aliphatic heterocycles. The molecule has 4 aromatic rings. The van der Waals surface area contributed by atoms with Gasteiger partial charge < -0.3 is 19.5 Å². The van der Waals surface area contributed by atoms with Crippen LogP contribution in [0, 0.1) is 0 Å². The molecule has 1 unspecified atom stereocenters. The first kappa shape index (κ1) is 30.3. The van der Waals surface area contributed by atoms with Crippen molar-refractivity contribution in [1.82, 2.24) is 15.1 Å². The fourth-order valence-corrected chi connectivity index (χ4v) is 6.38. The summed E-state index contributed by atoms with van der Waals surface area (Å²) in [7, 11) is 4.82. The maximum atomic E-state index is 13.9. The van der Waals surface area contributed by atoms with E-state index in [1.807, 2.05) is 68.4 Å². The molecular formula is C32H33ClN4O5S. The second-order valence-corrected chi connectivity index (χ2v) is 11.7. The van der Waals surface area contributed by atoms with Crippen molar-refractivity contribution in [1.29, 1.82) is 0 Å². The number of rotatable bonds is 9. The van der Waals surface area contributed by atoms with Crippen LogP contribution in [0.4, 0.5) is 5.82 Å². The van der Waals surface area contributed by atoms with Gasteiger partial charge in [-0.15, -0.1) is 11.8 Å². The normalized spacial score (nSPS) is 14.7. The number of aromatic nitrogens is 2. The molecule has 0 fully saturated rings. The van der Waals surface area contributed by atoms with Gasteiger partial charge in [-0.1, -0.05) is 23.7 Å². The quantitative estimate of drug-likeness (QED) is 0.248. The zero-order chi connectivity index (χ0) is 30.7. The summed E-state index contributed by atoms with van der Waals surface area (Å²) in [6.45, 7) is 3.60. The van der Waals surface area contributed by atoms with E-state index in [1.54, 1.807) is 38.1 Å². The summed E-state index contributed by atoms with van der Waals surface area (Å²) in [5, 5.41) is 8.21. The van der Waals surface area contributed by atoms with Gasteiger partial charge in [-0.25, -0.2) is 4.68 Å². The maximum absolute atomic E-state index is 13.9. The minimum Gasteiger partial charge on any atom is -0.497 e. The fraction of sp³-hybridized carbons (Fsp3) is 0.281. The van der Waals surface area contributed by atoms with E-state index < -0.39 is 5.25 Å². The van der Waals surface area contributed by atoms with Gasteiger partial charge in [0.1, 0.15) is 29.6 Å². The number of benzene rings is 3. The van der Waals surface area contributed by atoms with E-state index in [0.717, 1.165) is 16.7 Å². The highest BCUT2D eigenvalue weighted by Crippen LogP contribution is 2.51. The molecule has 0 spiro atoms. The van der Waals surface area contributed by atoms with E-state index in [2.05, 4.69) is 5.32 Å². The third-order valence-corrected chi connectivity index (χ3v) is 8.48. The van der Waals surface area contributed by atoms with Crippen LogP contribution in [-0.4, -0.2) is 61.3 Å². The van der Waals surface area contributed by atoms with Crippen LogP contribution in [0.2, 0.25) is 5.02 Å². The van der Waals surface area contributed by atoms with Crippen LogP contribution in [0.25, 0.3) is 16.9 Å². The lowest BCUT2D eigenvalue weighted by Gasteiger charge is -2.24. The summed E-state index contributed by atoms with van der Waals surface area (Å²) in [4.78, 5) is 28.6. The number of nitrogens with one attached hydrogen (secondary N) is 1. The number of hydrogen-bond acceptors (Lipinski definition) is 7. The van der Waals surface area contributed by atoms with Gasteiger partial charge in [-0.05, 0) is 68.4 Å². The van der Waals surface area contributed by atoms with Gasteiger partial charge in [-0.2, -0.15) is 5.10 Å². The molecule has 0 saturated heterocycles. The number of ether oxygens (including phenoxy) is 3. The Kier molecular flexibility index (Phi) is 9.17. The summed E-state index contributed by atoms with van der Waals surface area (Å²) < 4.78 is 18.5. The van der Waals surface area contributed by atoms with Crippen molar-refractivity contribution >= 4 is 41.0 Å². The van der Waals surface area contributed by atoms with Crippen LogP contribution < -0.4 is 24.4 Å². The molecule has 0 radical (unpaired) electrons. The average Bonchev–Trinajstić information content (AvgIpc) is 3.33. The van der Waals surface area contributed by atoms with Crippen LogP contribution in [0.1, 0.15) is 30.2 Å². The molecular weight excluding hydrogens is 588 g/mol. The van der Waals surface area contributed by atoms with Gasteiger partial charge in [0.2, 0.25) is 11.8 Å². The van der Waals surface area contributed by atoms with Gasteiger partial charge in [0, 0.05) is 27.8 Å². The number of methoxy groups -OCH3 is 3.